The van der Waals surface area contributed by atoms with E-state index in [1.54, 1.807) is 18.9 Å². The quantitative estimate of drug-likeness (QED) is 0.618. The fourth-order valence-corrected chi connectivity index (χ4v) is 2.67. The van der Waals surface area contributed by atoms with Crippen LogP contribution in [0.3, 0.4) is 0 Å². The normalized spacial score (nSPS) is 10.1. The molecule has 0 bridgehead atoms. The molecule has 0 amide bonds. The van der Waals surface area contributed by atoms with Crippen molar-refractivity contribution in [2.24, 2.45) is 0 Å². The Labute approximate surface area is 141 Å². The number of hydrogen-bond acceptors (Lipinski definition) is 3. The lowest BCUT2D eigenvalue weighted by atomic mass is 10.1. The smallest absolute Gasteiger partial charge is 0.170 e. The highest BCUT2D eigenvalue weighted by Gasteiger charge is 1.99. The van der Waals surface area contributed by atoms with Crippen LogP contribution in [0.4, 0.5) is 5.69 Å². The Morgan fingerprint density at radius 1 is 1.18 bits per heavy atom. The fraction of sp³-hybridized carbons (Fsp3) is 0.235. The molecule has 22 heavy (non-hydrogen) atoms. The molecule has 0 radical (unpaired) electrons. The summed E-state index contributed by atoms with van der Waals surface area (Å²) in [4.78, 5) is 1.21. The highest BCUT2D eigenvalue weighted by molar-refractivity contribution is 7.98. The molecule has 0 aliphatic carbocycles. The SMILES string of the molecule is COc1ccc(CCNC(=S)Nc2cccc(SC)c2)cc1. The minimum atomic E-state index is 0.645. The summed E-state index contributed by atoms with van der Waals surface area (Å²) < 4.78 is 5.15. The van der Waals surface area contributed by atoms with Crippen molar-refractivity contribution in [2.45, 2.75) is 11.3 Å². The van der Waals surface area contributed by atoms with Gasteiger partial charge in [-0.15, -0.1) is 11.8 Å². The van der Waals surface area contributed by atoms with Gasteiger partial charge in [0.15, 0.2) is 5.11 Å². The highest BCUT2D eigenvalue weighted by atomic mass is 32.2. The first-order chi connectivity index (χ1) is 10.7. The number of anilines is 1. The minimum absolute atomic E-state index is 0.645. The van der Waals surface area contributed by atoms with Crippen molar-refractivity contribution in [1.82, 2.24) is 5.32 Å². The van der Waals surface area contributed by atoms with Gasteiger partial charge in [0.2, 0.25) is 0 Å². The van der Waals surface area contributed by atoms with Gasteiger partial charge in [0.25, 0.3) is 0 Å². The maximum absolute atomic E-state index is 5.32. The lowest BCUT2D eigenvalue weighted by Crippen LogP contribution is -2.30. The minimum Gasteiger partial charge on any atom is -0.497 e. The van der Waals surface area contributed by atoms with Gasteiger partial charge in [-0.1, -0.05) is 18.2 Å². The number of ether oxygens (including phenoxy) is 1. The predicted octanol–water partition coefficient (Wildman–Crippen LogP) is 3.95. The average molecular weight is 332 g/mol. The second-order valence-electron chi connectivity index (χ2n) is 4.71. The largest absolute Gasteiger partial charge is 0.497 e. The molecule has 2 aromatic carbocycles. The third-order valence-electron chi connectivity index (χ3n) is 3.19. The molecule has 0 aromatic heterocycles. The van der Waals surface area contributed by atoms with Crippen molar-refractivity contribution >= 4 is 34.8 Å². The van der Waals surface area contributed by atoms with E-state index < -0.39 is 0 Å². The zero-order valence-corrected chi connectivity index (χ0v) is 14.4. The Kier molecular flexibility index (Phi) is 6.55. The van der Waals surface area contributed by atoms with E-state index in [2.05, 4.69) is 41.2 Å². The lowest BCUT2D eigenvalue weighted by molar-refractivity contribution is 0.414. The first kappa shape index (κ1) is 16.6. The van der Waals surface area contributed by atoms with Crippen LogP contribution < -0.4 is 15.4 Å². The second kappa shape index (κ2) is 8.66. The van der Waals surface area contributed by atoms with E-state index in [4.69, 9.17) is 17.0 Å². The summed E-state index contributed by atoms with van der Waals surface area (Å²) in [6, 6.07) is 16.3. The Hall–Kier alpha value is -1.72. The van der Waals surface area contributed by atoms with Crippen molar-refractivity contribution in [2.75, 3.05) is 25.2 Å². The topological polar surface area (TPSA) is 33.3 Å². The van der Waals surface area contributed by atoms with E-state index in [0.717, 1.165) is 24.4 Å². The van der Waals surface area contributed by atoms with Gasteiger partial charge in [0.05, 0.1) is 7.11 Å². The summed E-state index contributed by atoms with van der Waals surface area (Å²) in [5.74, 6) is 0.877. The monoisotopic (exact) mass is 332 g/mol. The van der Waals surface area contributed by atoms with Crippen LogP contribution in [0.5, 0.6) is 5.75 Å². The zero-order chi connectivity index (χ0) is 15.8. The van der Waals surface area contributed by atoms with E-state index in [-0.39, 0.29) is 0 Å². The maximum atomic E-state index is 5.32. The van der Waals surface area contributed by atoms with Gasteiger partial charge in [-0.25, -0.2) is 0 Å². The lowest BCUT2D eigenvalue weighted by Gasteiger charge is -2.11. The van der Waals surface area contributed by atoms with Gasteiger partial charge in [0, 0.05) is 17.1 Å². The molecular weight excluding hydrogens is 312 g/mol. The van der Waals surface area contributed by atoms with Crippen LogP contribution in [0, 0.1) is 0 Å². The Morgan fingerprint density at radius 2 is 1.95 bits per heavy atom. The molecule has 0 spiro atoms. The molecule has 0 saturated heterocycles. The van der Waals surface area contributed by atoms with Gasteiger partial charge >= 0.3 is 0 Å². The van der Waals surface area contributed by atoms with Gasteiger partial charge < -0.3 is 15.4 Å². The molecule has 0 unspecified atom stereocenters. The van der Waals surface area contributed by atoms with Crippen LogP contribution >= 0.6 is 24.0 Å². The maximum Gasteiger partial charge on any atom is 0.170 e. The van der Waals surface area contributed by atoms with E-state index in [9.17, 15) is 0 Å². The third-order valence-corrected chi connectivity index (χ3v) is 4.16. The van der Waals surface area contributed by atoms with E-state index in [0.29, 0.717) is 5.11 Å². The van der Waals surface area contributed by atoms with E-state index in [1.807, 2.05) is 24.3 Å². The molecule has 2 aromatic rings. The van der Waals surface area contributed by atoms with Gasteiger partial charge in [-0.3, -0.25) is 0 Å². The van der Waals surface area contributed by atoms with Crippen LogP contribution in [0.15, 0.2) is 53.4 Å². The highest BCUT2D eigenvalue weighted by Crippen LogP contribution is 2.18. The second-order valence-corrected chi connectivity index (χ2v) is 6.00. The number of thioether (sulfide) groups is 1. The molecule has 0 saturated carbocycles. The summed E-state index contributed by atoms with van der Waals surface area (Å²) in [6.45, 7) is 0.792. The van der Waals surface area contributed by atoms with Crippen molar-refractivity contribution in [3.63, 3.8) is 0 Å². The van der Waals surface area contributed by atoms with Gasteiger partial charge in [0.1, 0.15) is 5.75 Å². The molecule has 2 rings (SSSR count). The zero-order valence-electron chi connectivity index (χ0n) is 12.8. The Bertz CT molecular complexity index is 614. The van der Waals surface area contributed by atoms with Crippen molar-refractivity contribution < 1.29 is 4.74 Å². The summed E-state index contributed by atoms with van der Waals surface area (Å²) in [5.41, 5.74) is 2.26. The number of nitrogens with one attached hydrogen (secondary N) is 2. The molecule has 0 aliphatic heterocycles. The van der Waals surface area contributed by atoms with Gasteiger partial charge in [-0.05, 0) is 60.8 Å². The van der Waals surface area contributed by atoms with Crippen LogP contribution in [-0.4, -0.2) is 25.0 Å². The number of thiocarbonyl (C=S) groups is 1. The molecule has 0 fully saturated rings. The molecule has 0 aliphatic rings. The Balaban J connectivity index is 1.77. The van der Waals surface area contributed by atoms with Crippen molar-refractivity contribution in [3.8, 4) is 5.75 Å². The van der Waals surface area contributed by atoms with Crippen molar-refractivity contribution in [1.29, 1.82) is 0 Å². The molecule has 3 nitrogen and oxygen atoms in total. The van der Waals surface area contributed by atoms with Crippen LogP contribution in [0.2, 0.25) is 0 Å². The summed E-state index contributed by atoms with van der Waals surface area (Å²) in [5, 5.41) is 7.08. The predicted molar refractivity (Wildman–Crippen MR) is 99.1 cm³/mol. The Morgan fingerprint density at radius 3 is 2.64 bits per heavy atom. The van der Waals surface area contributed by atoms with Crippen LogP contribution in [0.1, 0.15) is 5.56 Å². The van der Waals surface area contributed by atoms with Crippen LogP contribution in [0.25, 0.3) is 0 Å². The average Bonchev–Trinajstić information content (AvgIpc) is 2.55. The fourth-order valence-electron chi connectivity index (χ4n) is 1.99. The number of rotatable bonds is 6. The third kappa shape index (κ3) is 5.24. The van der Waals surface area contributed by atoms with Gasteiger partial charge in [-0.2, -0.15) is 0 Å². The number of hydrogen-bond donors (Lipinski definition) is 2. The van der Waals surface area contributed by atoms with Crippen molar-refractivity contribution in [3.05, 3.63) is 54.1 Å². The molecule has 0 atom stereocenters. The summed E-state index contributed by atoms with van der Waals surface area (Å²) >= 11 is 7.04. The van der Waals surface area contributed by atoms with Crippen LogP contribution in [-0.2, 0) is 6.42 Å². The molecule has 2 N–H and O–H groups in total. The molecule has 0 heterocycles. The number of methoxy groups -OCH3 is 1. The number of benzene rings is 2. The first-order valence-electron chi connectivity index (χ1n) is 7.03. The molecular formula is C17H20N2OS2. The standard InChI is InChI=1S/C17H20N2OS2/c1-20-15-8-6-13(7-9-15)10-11-18-17(21)19-14-4-3-5-16(12-14)22-2/h3-9,12H,10-11H2,1-2H3,(H2,18,19,21). The van der Waals surface area contributed by atoms with E-state index >= 15 is 0 Å². The summed E-state index contributed by atoms with van der Waals surface area (Å²) in [6.07, 6.45) is 2.97. The summed E-state index contributed by atoms with van der Waals surface area (Å²) in [7, 11) is 1.67. The first-order valence-corrected chi connectivity index (χ1v) is 8.66. The molecule has 5 heteroatoms. The molecule has 116 valence electrons. The van der Waals surface area contributed by atoms with E-state index in [1.165, 1.54) is 10.5 Å².